The first-order valence-electron chi connectivity index (χ1n) is 5.64. The number of carbonyl (C=O) groups excluding carboxylic acids is 2. The number of rotatable bonds is 3. The quantitative estimate of drug-likeness (QED) is 0.746. The van der Waals surface area contributed by atoms with Crippen LogP contribution in [0.1, 0.15) is 10.4 Å². The molecular weight excluding hydrogens is 263 g/mol. The lowest BCUT2D eigenvalue weighted by Crippen LogP contribution is -2.19. The molecule has 2 rings (SSSR count). The second kappa shape index (κ2) is 5.79. The number of nitrogens with one attached hydrogen (secondary N) is 2. The Morgan fingerprint density at radius 2 is 1.65 bits per heavy atom. The van der Waals surface area contributed by atoms with Crippen LogP contribution in [0.2, 0.25) is 0 Å². The first-order valence-corrected chi connectivity index (χ1v) is 5.64. The number of nitrogens with two attached hydrogens (primary N) is 1. The second-order valence-corrected chi connectivity index (χ2v) is 3.86. The maximum Gasteiger partial charge on any atom is 0.316 e. The molecule has 0 aliphatic heterocycles. The van der Waals surface area contributed by atoms with Gasteiger partial charge in [0, 0.05) is 17.6 Å². The lowest BCUT2D eigenvalue weighted by atomic mass is 10.2. The van der Waals surface area contributed by atoms with Crippen LogP contribution < -0.4 is 16.4 Å². The van der Waals surface area contributed by atoms with E-state index in [-0.39, 0.29) is 5.56 Å². The van der Waals surface area contributed by atoms with Gasteiger partial charge in [-0.15, -0.1) is 0 Å². The van der Waals surface area contributed by atoms with Crippen molar-refractivity contribution in [2.45, 2.75) is 0 Å². The molecule has 1 aromatic heterocycles. The molecule has 0 radical (unpaired) electrons. The predicted octanol–water partition coefficient (Wildman–Crippen LogP) is 1.96. The third-order valence-electron chi connectivity index (χ3n) is 2.41. The van der Waals surface area contributed by atoms with Crippen molar-refractivity contribution in [2.75, 3.05) is 10.6 Å². The number of pyridine rings is 1. The summed E-state index contributed by atoms with van der Waals surface area (Å²) < 4.78 is 13.3. The summed E-state index contributed by atoms with van der Waals surface area (Å²) in [5, 5.41) is 4.90. The van der Waals surface area contributed by atoms with Crippen molar-refractivity contribution in [1.29, 1.82) is 0 Å². The van der Waals surface area contributed by atoms with Gasteiger partial charge in [-0.25, -0.2) is 9.78 Å². The molecule has 0 saturated carbocycles. The van der Waals surface area contributed by atoms with Crippen molar-refractivity contribution in [1.82, 2.24) is 4.98 Å². The number of halogens is 1. The molecule has 0 bridgehead atoms. The lowest BCUT2D eigenvalue weighted by molar-refractivity contribution is 0.102. The number of benzene rings is 1. The normalized spacial score (nSPS) is 9.85. The summed E-state index contributed by atoms with van der Waals surface area (Å²) in [5.74, 6) is -1.44. The first-order chi connectivity index (χ1) is 9.56. The highest BCUT2D eigenvalue weighted by Gasteiger charge is 2.11. The van der Waals surface area contributed by atoms with E-state index in [2.05, 4.69) is 15.6 Å². The van der Waals surface area contributed by atoms with Crippen LogP contribution in [0.3, 0.4) is 0 Å². The van der Waals surface area contributed by atoms with Crippen LogP contribution in [0.15, 0.2) is 42.6 Å². The molecule has 0 aliphatic carbocycles. The summed E-state index contributed by atoms with van der Waals surface area (Å²) in [6, 6.07) is 8.34. The maximum absolute atomic E-state index is 13.3. The molecule has 0 unspecified atom stereocenters. The van der Waals surface area contributed by atoms with E-state index in [1.807, 2.05) is 0 Å². The molecule has 0 saturated heterocycles. The zero-order valence-corrected chi connectivity index (χ0v) is 10.3. The molecule has 1 heterocycles. The van der Waals surface area contributed by atoms with E-state index in [0.29, 0.717) is 11.4 Å². The van der Waals surface area contributed by atoms with Crippen LogP contribution in [0.4, 0.5) is 20.6 Å². The SMILES string of the molecule is NC(=O)Nc1ccc(NC(=O)c2cccnc2F)cc1. The zero-order valence-electron chi connectivity index (χ0n) is 10.3. The van der Waals surface area contributed by atoms with E-state index in [4.69, 9.17) is 5.73 Å². The minimum Gasteiger partial charge on any atom is -0.351 e. The van der Waals surface area contributed by atoms with E-state index in [9.17, 15) is 14.0 Å². The van der Waals surface area contributed by atoms with Gasteiger partial charge in [-0.1, -0.05) is 0 Å². The molecule has 20 heavy (non-hydrogen) atoms. The Hall–Kier alpha value is -2.96. The Balaban J connectivity index is 2.09. The number of hydrogen-bond donors (Lipinski definition) is 3. The fourth-order valence-corrected chi connectivity index (χ4v) is 1.53. The van der Waals surface area contributed by atoms with Crippen molar-refractivity contribution >= 4 is 23.3 Å². The smallest absolute Gasteiger partial charge is 0.316 e. The first kappa shape index (κ1) is 13.5. The van der Waals surface area contributed by atoms with Gasteiger partial charge in [0.05, 0.1) is 5.56 Å². The van der Waals surface area contributed by atoms with Gasteiger partial charge in [0.15, 0.2) is 0 Å². The Kier molecular flexibility index (Phi) is 3.90. The van der Waals surface area contributed by atoms with Gasteiger partial charge in [-0.05, 0) is 36.4 Å². The number of primary amides is 1. The summed E-state index contributed by atoms with van der Waals surface area (Å²) in [4.78, 5) is 25.9. The molecule has 102 valence electrons. The molecule has 0 aliphatic rings. The number of amides is 3. The largest absolute Gasteiger partial charge is 0.351 e. The van der Waals surface area contributed by atoms with Crippen LogP contribution in [0.5, 0.6) is 0 Å². The van der Waals surface area contributed by atoms with Crippen LogP contribution in [-0.4, -0.2) is 16.9 Å². The third kappa shape index (κ3) is 3.29. The molecule has 2 aromatic rings. The van der Waals surface area contributed by atoms with Crippen molar-refractivity contribution in [2.24, 2.45) is 5.73 Å². The van der Waals surface area contributed by atoms with E-state index in [0.717, 1.165) is 0 Å². The zero-order chi connectivity index (χ0) is 14.5. The van der Waals surface area contributed by atoms with Gasteiger partial charge < -0.3 is 16.4 Å². The summed E-state index contributed by atoms with van der Waals surface area (Å²) in [5.41, 5.74) is 5.76. The molecule has 1 aromatic carbocycles. The summed E-state index contributed by atoms with van der Waals surface area (Å²) in [7, 11) is 0. The van der Waals surface area contributed by atoms with E-state index in [1.165, 1.54) is 18.3 Å². The van der Waals surface area contributed by atoms with E-state index < -0.39 is 17.9 Å². The summed E-state index contributed by atoms with van der Waals surface area (Å²) in [6.45, 7) is 0. The average molecular weight is 274 g/mol. The highest BCUT2D eigenvalue weighted by molar-refractivity contribution is 6.04. The molecule has 0 fully saturated rings. The van der Waals surface area contributed by atoms with Crippen molar-refractivity contribution in [3.8, 4) is 0 Å². The number of nitrogens with zero attached hydrogens (tertiary/aromatic N) is 1. The topological polar surface area (TPSA) is 97.1 Å². The highest BCUT2D eigenvalue weighted by Crippen LogP contribution is 2.15. The van der Waals surface area contributed by atoms with E-state index in [1.54, 1.807) is 24.3 Å². The average Bonchev–Trinajstić information content (AvgIpc) is 2.41. The fourth-order valence-electron chi connectivity index (χ4n) is 1.53. The number of aromatic nitrogens is 1. The monoisotopic (exact) mass is 274 g/mol. The third-order valence-corrected chi connectivity index (χ3v) is 2.41. The van der Waals surface area contributed by atoms with Crippen LogP contribution >= 0.6 is 0 Å². The molecular formula is C13H11FN4O2. The lowest BCUT2D eigenvalue weighted by Gasteiger charge is -2.07. The van der Waals surface area contributed by atoms with Crippen LogP contribution in [0, 0.1) is 5.95 Å². The fraction of sp³-hybridized carbons (Fsp3) is 0. The number of urea groups is 1. The van der Waals surface area contributed by atoms with Crippen molar-refractivity contribution in [3.63, 3.8) is 0 Å². The molecule has 3 amide bonds. The molecule has 6 nitrogen and oxygen atoms in total. The van der Waals surface area contributed by atoms with Gasteiger partial charge in [0.1, 0.15) is 0 Å². The minimum absolute atomic E-state index is 0.146. The molecule has 0 spiro atoms. The molecule has 7 heteroatoms. The highest BCUT2D eigenvalue weighted by atomic mass is 19.1. The summed E-state index contributed by atoms with van der Waals surface area (Å²) in [6.07, 6.45) is 1.26. The van der Waals surface area contributed by atoms with Gasteiger partial charge in [0.2, 0.25) is 5.95 Å². The molecule has 0 atom stereocenters. The second-order valence-electron chi connectivity index (χ2n) is 3.86. The maximum atomic E-state index is 13.3. The number of anilines is 2. The van der Waals surface area contributed by atoms with Gasteiger partial charge >= 0.3 is 6.03 Å². The van der Waals surface area contributed by atoms with Gasteiger partial charge in [-0.2, -0.15) is 4.39 Å². The molecule has 4 N–H and O–H groups in total. The number of hydrogen-bond acceptors (Lipinski definition) is 3. The van der Waals surface area contributed by atoms with Crippen LogP contribution in [-0.2, 0) is 0 Å². The van der Waals surface area contributed by atoms with Gasteiger partial charge in [-0.3, -0.25) is 4.79 Å². The van der Waals surface area contributed by atoms with Gasteiger partial charge in [0.25, 0.3) is 5.91 Å². The standard InChI is InChI=1S/C13H11FN4O2/c14-11-10(2-1-7-16-11)12(19)17-8-3-5-9(6-4-8)18-13(15)20/h1-7H,(H,17,19)(H3,15,18,20). The Morgan fingerprint density at radius 3 is 2.20 bits per heavy atom. The Morgan fingerprint density at radius 1 is 1.05 bits per heavy atom. The van der Waals surface area contributed by atoms with Crippen molar-refractivity contribution in [3.05, 3.63) is 54.1 Å². The van der Waals surface area contributed by atoms with Crippen molar-refractivity contribution < 1.29 is 14.0 Å². The Labute approximate surface area is 113 Å². The Bertz CT molecular complexity index is 643. The number of carbonyl (C=O) groups is 2. The summed E-state index contributed by atoms with van der Waals surface area (Å²) >= 11 is 0. The van der Waals surface area contributed by atoms with E-state index >= 15 is 0 Å². The minimum atomic E-state index is -0.836. The predicted molar refractivity (Wildman–Crippen MR) is 71.8 cm³/mol. The van der Waals surface area contributed by atoms with Crippen LogP contribution in [0.25, 0.3) is 0 Å².